The van der Waals surface area contributed by atoms with Gasteiger partial charge in [-0.2, -0.15) is 5.26 Å². The fraction of sp³-hybridized carbons (Fsp3) is 0.188. The van der Waals surface area contributed by atoms with Crippen molar-refractivity contribution in [3.05, 3.63) is 58.1 Å². The number of hydrogen-bond donors (Lipinski definition) is 1. The van der Waals surface area contributed by atoms with Crippen LogP contribution in [-0.2, 0) is 10.0 Å². The summed E-state index contributed by atoms with van der Waals surface area (Å²) in [5.74, 6) is 0.362. The minimum Gasteiger partial charge on any atom is -0.278 e. The van der Waals surface area contributed by atoms with Gasteiger partial charge >= 0.3 is 0 Å². The van der Waals surface area contributed by atoms with Crippen molar-refractivity contribution in [2.45, 2.75) is 24.7 Å². The molecule has 0 atom stereocenters. The van der Waals surface area contributed by atoms with Gasteiger partial charge in [0.2, 0.25) is 0 Å². The van der Waals surface area contributed by atoms with Crippen LogP contribution < -0.4 is 4.72 Å². The standard InChI is InChI=1S/C16H15BrN2O2S/c1-11(2)13-5-8-16(15(17)9-13)19-22(20,21)14-6-3-12(10-18)4-7-14/h3-9,11,19H,1-2H3. The highest BCUT2D eigenvalue weighted by molar-refractivity contribution is 9.10. The van der Waals surface area contributed by atoms with E-state index in [9.17, 15) is 8.42 Å². The summed E-state index contributed by atoms with van der Waals surface area (Å²) >= 11 is 3.39. The number of anilines is 1. The molecule has 0 aliphatic heterocycles. The van der Waals surface area contributed by atoms with Crippen LogP contribution in [0, 0.1) is 11.3 Å². The first-order valence-electron chi connectivity index (χ1n) is 6.66. The SMILES string of the molecule is CC(C)c1ccc(NS(=O)(=O)c2ccc(C#N)cc2)c(Br)c1. The minimum absolute atomic E-state index is 0.117. The lowest BCUT2D eigenvalue weighted by atomic mass is 10.0. The van der Waals surface area contributed by atoms with E-state index in [1.165, 1.54) is 24.3 Å². The highest BCUT2D eigenvalue weighted by Crippen LogP contribution is 2.28. The number of sulfonamides is 1. The summed E-state index contributed by atoms with van der Waals surface area (Å²) in [5.41, 5.74) is 2.02. The summed E-state index contributed by atoms with van der Waals surface area (Å²) in [7, 11) is -3.68. The lowest BCUT2D eigenvalue weighted by molar-refractivity contribution is 0.601. The number of nitrogens with zero attached hydrogens (tertiary/aromatic N) is 1. The molecule has 0 fully saturated rings. The van der Waals surface area contributed by atoms with Crippen LogP contribution in [0.2, 0.25) is 0 Å². The van der Waals surface area contributed by atoms with Crippen molar-refractivity contribution in [1.82, 2.24) is 0 Å². The summed E-state index contributed by atoms with van der Waals surface area (Å²) in [6.07, 6.45) is 0. The summed E-state index contributed by atoms with van der Waals surface area (Å²) in [5, 5.41) is 8.75. The first-order valence-corrected chi connectivity index (χ1v) is 8.93. The van der Waals surface area contributed by atoms with Crippen molar-refractivity contribution in [3.8, 4) is 6.07 Å². The van der Waals surface area contributed by atoms with Gasteiger partial charge in [-0.25, -0.2) is 8.42 Å². The largest absolute Gasteiger partial charge is 0.278 e. The third-order valence-corrected chi connectivity index (χ3v) is 5.24. The van der Waals surface area contributed by atoms with Gasteiger partial charge < -0.3 is 0 Å². The maximum atomic E-state index is 12.4. The molecule has 0 heterocycles. The molecule has 0 spiro atoms. The monoisotopic (exact) mass is 378 g/mol. The first-order chi connectivity index (χ1) is 10.3. The third kappa shape index (κ3) is 3.67. The Hall–Kier alpha value is -1.84. The van der Waals surface area contributed by atoms with E-state index < -0.39 is 10.0 Å². The Bertz CT molecular complexity index is 822. The molecule has 2 aromatic carbocycles. The van der Waals surface area contributed by atoms with Crippen molar-refractivity contribution in [3.63, 3.8) is 0 Å². The zero-order valence-electron chi connectivity index (χ0n) is 12.2. The second kappa shape index (κ2) is 6.51. The van der Waals surface area contributed by atoms with E-state index >= 15 is 0 Å². The van der Waals surface area contributed by atoms with Crippen LogP contribution in [0.25, 0.3) is 0 Å². The van der Waals surface area contributed by atoms with Crippen LogP contribution in [0.4, 0.5) is 5.69 Å². The molecule has 0 saturated carbocycles. The van der Waals surface area contributed by atoms with Gasteiger partial charge in [0.15, 0.2) is 0 Å². The molecule has 0 unspecified atom stereocenters. The van der Waals surface area contributed by atoms with Crippen LogP contribution in [-0.4, -0.2) is 8.42 Å². The Morgan fingerprint density at radius 3 is 2.27 bits per heavy atom. The van der Waals surface area contributed by atoms with Crippen molar-refractivity contribution < 1.29 is 8.42 Å². The van der Waals surface area contributed by atoms with Crippen LogP contribution in [0.1, 0.15) is 30.9 Å². The molecule has 1 N–H and O–H groups in total. The topological polar surface area (TPSA) is 70.0 Å². The molecule has 6 heteroatoms. The lowest BCUT2D eigenvalue weighted by Gasteiger charge is -2.12. The number of rotatable bonds is 4. The fourth-order valence-corrected chi connectivity index (χ4v) is 3.59. The number of benzene rings is 2. The van der Waals surface area contributed by atoms with E-state index in [-0.39, 0.29) is 4.90 Å². The predicted octanol–water partition coefficient (Wildman–Crippen LogP) is 4.24. The average molecular weight is 379 g/mol. The Morgan fingerprint density at radius 2 is 1.77 bits per heavy atom. The molecular formula is C16H15BrN2O2S. The normalized spacial score (nSPS) is 11.2. The van der Waals surface area contributed by atoms with E-state index in [0.717, 1.165) is 5.56 Å². The van der Waals surface area contributed by atoms with E-state index in [1.807, 2.05) is 18.2 Å². The number of nitrogens with one attached hydrogen (secondary N) is 1. The van der Waals surface area contributed by atoms with Gasteiger partial charge in [0.05, 0.1) is 22.2 Å². The Morgan fingerprint density at radius 1 is 1.14 bits per heavy atom. The molecule has 0 radical (unpaired) electrons. The van der Waals surface area contributed by atoms with Crippen molar-refractivity contribution >= 4 is 31.6 Å². The highest BCUT2D eigenvalue weighted by atomic mass is 79.9. The highest BCUT2D eigenvalue weighted by Gasteiger charge is 2.16. The van der Waals surface area contributed by atoms with E-state index in [2.05, 4.69) is 34.5 Å². The molecule has 0 aromatic heterocycles. The zero-order valence-corrected chi connectivity index (χ0v) is 14.6. The van der Waals surface area contributed by atoms with Crippen LogP contribution in [0.15, 0.2) is 51.8 Å². The van der Waals surface area contributed by atoms with Gasteiger partial charge in [0.25, 0.3) is 10.0 Å². The van der Waals surface area contributed by atoms with Crippen molar-refractivity contribution in [2.24, 2.45) is 0 Å². The quantitative estimate of drug-likeness (QED) is 0.864. The van der Waals surface area contributed by atoms with Gasteiger partial charge in [-0.1, -0.05) is 19.9 Å². The molecule has 0 saturated heterocycles. The van der Waals surface area contributed by atoms with Crippen LogP contribution in [0.5, 0.6) is 0 Å². The second-order valence-electron chi connectivity index (χ2n) is 5.14. The van der Waals surface area contributed by atoms with Crippen molar-refractivity contribution in [1.29, 1.82) is 5.26 Å². The average Bonchev–Trinajstić information content (AvgIpc) is 2.49. The Labute approximate surface area is 139 Å². The lowest BCUT2D eigenvalue weighted by Crippen LogP contribution is -2.13. The third-order valence-electron chi connectivity index (χ3n) is 3.20. The van der Waals surface area contributed by atoms with E-state index in [1.54, 1.807) is 6.07 Å². The Kier molecular flexibility index (Phi) is 4.89. The molecule has 2 aromatic rings. The minimum atomic E-state index is -3.68. The van der Waals surface area contributed by atoms with Gasteiger partial charge in [-0.05, 0) is 63.8 Å². The molecule has 114 valence electrons. The van der Waals surface area contributed by atoms with Gasteiger partial charge in [-0.3, -0.25) is 4.72 Å². The van der Waals surface area contributed by atoms with E-state index in [4.69, 9.17) is 5.26 Å². The molecule has 2 rings (SSSR count). The maximum absolute atomic E-state index is 12.4. The van der Waals surface area contributed by atoms with Gasteiger partial charge in [0.1, 0.15) is 0 Å². The first kappa shape index (κ1) is 16.5. The summed E-state index contributed by atoms with van der Waals surface area (Å²) in [4.78, 5) is 0.117. The zero-order chi connectivity index (χ0) is 16.3. The molecule has 0 aliphatic rings. The fourth-order valence-electron chi connectivity index (χ4n) is 1.89. The van der Waals surface area contributed by atoms with Gasteiger partial charge in [-0.15, -0.1) is 0 Å². The van der Waals surface area contributed by atoms with E-state index in [0.29, 0.717) is 21.6 Å². The predicted molar refractivity (Wildman–Crippen MR) is 90.2 cm³/mol. The van der Waals surface area contributed by atoms with Crippen molar-refractivity contribution in [2.75, 3.05) is 4.72 Å². The second-order valence-corrected chi connectivity index (χ2v) is 7.67. The summed E-state index contributed by atoms with van der Waals surface area (Å²) in [6, 6.07) is 13.3. The molecular weight excluding hydrogens is 364 g/mol. The number of halogens is 1. The molecule has 0 bridgehead atoms. The van der Waals surface area contributed by atoms with Crippen LogP contribution >= 0.6 is 15.9 Å². The molecule has 4 nitrogen and oxygen atoms in total. The maximum Gasteiger partial charge on any atom is 0.261 e. The van der Waals surface area contributed by atoms with Crippen LogP contribution in [0.3, 0.4) is 0 Å². The molecule has 0 aliphatic carbocycles. The summed E-state index contributed by atoms with van der Waals surface area (Å²) < 4.78 is 28.0. The smallest absolute Gasteiger partial charge is 0.261 e. The Balaban J connectivity index is 2.30. The van der Waals surface area contributed by atoms with Gasteiger partial charge in [0, 0.05) is 4.47 Å². The molecule has 22 heavy (non-hydrogen) atoms. The summed E-state index contributed by atoms with van der Waals surface area (Å²) in [6.45, 7) is 4.14. The number of hydrogen-bond acceptors (Lipinski definition) is 3. The molecule has 0 amide bonds. The number of nitriles is 1.